The van der Waals surface area contributed by atoms with E-state index >= 15 is 0 Å². The van der Waals surface area contributed by atoms with Gasteiger partial charge in [-0.05, 0) is 74.9 Å². The van der Waals surface area contributed by atoms with Gasteiger partial charge in [-0.25, -0.2) is 0 Å². The van der Waals surface area contributed by atoms with E-state index in [1.54, 1.807) is 6.08 Å². The molecule has 0 aromatic heterocycles. The summed E-state index contributed by atoms with van der Waals surface area (Å²) < 4.78 is 6.51. The van der Waals surface area contributed by atoms with Gasteiger partial charge in [0, 0.05) is 23.8 Å². The van der Waals surface area contributed by atoms with Crippen LogP contribution in [0.3, 0.4) is 0 Å². The molecule has 2 aliphatic rings. The fourth-order valence-corrected chi connectivity index (χ4v) is 5.45. The molecule has 0 fully saturated rings. The van der Waals surface area contributed by atoms with Gasteiger partial charge in [-0.15, -0.1) is 0 Å². The maximum Gasteiger partial charge on any atom is 0.156 e. The molecule has 1 aliphatic heterocycles. The second-order valence-corrected chi connectivity index (χ2v) is 10.2. The number of phenols is 1. The van der Waals surface area contributed by atoms with Crippen LogP contribution < -0.4 is 4.74 Å². The molecule has 0 saturated heterocycles. The number of ether oxygens (including phenoxy) is 1. The Bertz CT molecular complexity index is 1080. The lowest BCUT2D eigenvalue weighted by molar-refractivity contribution is -0.114. The predicted molar refractivity (Wildman–Crippen MR) is 135 cm³/mol. The van der Waals surface area contributed by atoms with Crippen molar-refractivity contribution in [3.63, 3.8) is 0 Å². The zero-order valence-corrected chi connectivity index (χ0v) is 20.4. The fraction of sp³-hybridized carbons (Fsp3) is 0.433. The SMILES string of the molecule is CCCCCC(=O)C=C(c1ccccc1)c1cc(O)c2c(c1)OC(C)(C)C1CC=C(C)CC21. The zero-order chi connectivity index (χ0) is 23.6. The minimum Gasteiger partial charge on any atom is -0.507 e. The Morgan fingerprint density at radius 2 is 1.91 bits per heavy atom. The van der Waals surface area contributed by atoms with Crippen LogP contribution in [0.5, 0.6) is 11.5 Å². The molecule has 174 valence electrons. The third kappa shape index (κ3) is 4.93. The van der Waals surface area contributed by atoms with Gasteiger partial charge in [0.25, 0.3) is 0 Å². The van der Waals surface area contributed by atoms with Crippen molar-refractivity contribution in [2.24, 2.45) is 5.92 Å². The van der Waals surface area contributed by atoms with Crippen LogP contribution in [0.15, 0.2) is 60.2 Å². The van der Waals surface area contributed by atoms with Crippen molar-refractivity contribution in [1.29, 1.82) is 0 Å². The standard InChI is InChI=1S/C30H36O3/c1-5-6-8-13-23(31)19-24(21-11-9-7-10-12-21)22-17-27(32)29-25-16-20(2)14-15-26(25)30(3,4)33-28(29)18-22/h7,9-12,14,17-19,25-26,32H,5-6,8,13,15-16H2,1-4H3. The largest absolute Gasteiger partial charge is 0.507 e. The monoisotopic (exact) mass is 444 g/mol. The van der Waals surface area contributed by atoms with Crippen molar-refractivity contribution >= 4 is 11.4 Å². The number of fused-ring (bicyclic) bond motifs is 3. The highest BCUT2D eigenvalue weighted by molar-refractivity contribution is 6.00. The highest BCUT2D eigenvalue weighted by Gasteiger charge is 2.45. The van der Waals surface area contributed by atoms with Gasteiger partial charge in [-0.1, -0.05) is 61.7 Å². The first-order valence-corrected chi connectivity index (χ1v) is 12.3. The Balaban J connectivity index is 1.78. The topological polar surface area (TPSA) is 46.5 Å². The third-order valence-electron chi connectivity index (χ3n) is 7.23. The van der Waals surface area contributed by atoms with Crippen molar-refractivity contribution in [1.82, 2.24) is 0 Å². The molecule has 3 nitrogen and oxygen atoms in total. The van der Waals surface area contributed by atoms with Crippen molar-refractivity contribution in [3.8, 4) is 11.5 Å². The normalized spacial score (nSPS) is 21.5. The van der Waals surface area contributed by atoms with E-state index in [1.165, 1.54) is 5.57 Å². The number of phenolic OH excluding ortho intramolecular Hbond substituents is 1. The molecule has 2 unspecified atom stereocenters. The Morgan fingerprint density at radius 1 is 1.15 bits per heavy atom. The van der Waals surface area contributed by atoms with E-state index in [1.807, 2.05) is 42.5 Å². The lowest BCUT2D eigenvalue weighted by Gasteiger charge is -2.47. The van der Waals surface area contributed by atoms with Crippen molar-refractivity contribution in [2.75, 3.05) is 0 Å². The molecule has 1 aliphatic carbocycles. The van der Waals surface area contributed by atoms with Gasteiger partial charge >= 0.3 is 0 Å². The second-order valence-electron chi connectivity index (χ2n) is 10.2. The van der Waals surface area contributed by atoms with Gasteiger partial charge in [0.15, 0.2) is 5.78 Å². The maximum absolute atomic E-state index is 12.8. The second kappa shape index (κ2) is 9.59. The number of hydrogen-bond donors (Lipinski definition) is 1. The first-order valence-electron chi connectivity index (χ1n) is 12.3. The smallest absolute Gasteiger partial charge is 0.156 e. The van der Waals surface area contributed by atoms with E-state index in [9.17, 15) is 9.90 Å². The molecule has 0 spiro atoms. The highest BCUT2D eigenvalue weighted by atomic mass is 16.5. The Kier molecular flexibility index (Phi) is 6.78. The Hall–Kier alpha value is -2.81. The molecule has 0 radical (unpaired) electrons. The number of allylic oxidation sites excluding steroid dienone is 3. The molecule has 0 bridgehead atoms. The van der Waals surface area contributed by atoms with Crippen LogP contribution >= 0.6 is 0 Å². The number of ketones is 1. The van der Waals surface area contributed by atoms with Crippen molar-refractivity contribution in [2.45, 2.75) is 77.7 Å². The van der Waals surface area contributed by atoms with Gasteiger partial charge in [-0.3, -0.25) is 4.79 Å². The van der Waals surface area contributed by atoms with Crippen LogP contribution in [0.4, 0.5) is 0 Å². The molecule has 1 N–H and O–H groups in total. The van der Waals surface area contributed by atoms with E-state index in [0.29, 0.717) is 12.3 Å². The number of hydrogen-bond acceptors (Lipinski definition) is 3. The summed E-state index contributed by atoms with van der Waals surface area (Å²) in [6.07, 6.45) is 9.54. The molecule has 33 heavy (non-hydrogen) atoms. The van der Waals surface area contributed by atoms with Crippen LogP contribution in [0.1, 0.15) is 88.8 Å². The summed E-state index contributed by atoms with van der Waals surface area (Å²) in [4.78, 5) is 12.8. The third-order valence-corrected chi connectivity index (χ3v) is 7.23. The highest BCUT2D eigenvalue weighted by Crippen LogP contribution is 2.54. The maximum atomic E-state index is 12.8. The average Bonchev–Trinajstić information content (AvgIpc) is 2.77. The number of rotatable bonds is 7. The van der Waals surface area contributed by atoms with E-state index < -0.39 is 0 Å². The molecule has 2 atom stereocenters. The number of aromatic hydroxyl groups is 1. The summed E-state index contributed by atoms with van der Waals surface area (Å²) in [5.41, 5.74) is 4.57. The van der Waals surface area contributed by atoms with Crippen LogP contribution in [-0.2, 0) is 4.79 Å². The predicted octanol–water partition coefficient (Wildman–Crippen LogP) is 7.58. The van der Waals surface area contributed by atoms with E-state index in [0.717, 1.165) is 60.1 Å². The molecular weight excluding hydrogens is 408 g/mol. The summed E-state index contributed by atoms with van der Waals surface area (Å²) >= 11 is 0. The van der Waals surface area contributed by atoms with Gasteiger partial charge in [0.1, 0.15) is 17.1 Å². The summed E-state index contributed by atoms with van der Waals surface area (Å²) in [7, 11) is 0. The Labute approximate surface area is 198 Å². The number of unbranched alkanes of at least 4 members (excludes halogenated alkanes) is 2. The van der Waals surface area contributed by atoms with Gasteiger partial charge in [0.2, 0.25) is 0 Å². The molecule has 0 saturated carbocycles. The zero-order valence-electron chi connectivity index (χ0n) is 20.4. The molecule has 4 rings (SSSR count). The van der Waals surface area contributed by atoms with Crippen LogP contribution in [0, 0.1) is 5.92 Å². The summed E-state index contributed by atoms with van der Waals surface area (Å²) in [6, 6.07) is 13.8. The van der Waals surface area contributed by atoms with Crippen LogP contribution in [-0.4, -0.2) is 16.5 Å². The average molecular weight is 445 g/mol. The van der Waals surface area contributed by atoms with Crippen molar-refractivity contribution in [3.05, 3.63) is 76.9 Å². The Morgan fingerprint density at radius 3 is 2.64 bits per heavy atom. The van der Waals surface area contributed by atoms with Gasteiger partial charge in [-0.2, -0.15) is 0 Å². The summed E-state index contributed by atoms with van der Waals surface area (Å²) in [5, 5.41) is 11.2. The molecule has 1 heterocycles. The summed E-state index contributed by atoms with van der Waals surface area (Å²) in [5.74, 6) is 1.69. The summed E-state index contributed by atoms with van der Waals surface area (Å²) in [6.45, 7) is 8.61. The van der Waals surface area contributed by atoms with Crippen LogP contribution in [0.25, 0.3) is 5.57 Å². The quantitative estimate of drug-likeness (QED) is 0.272. The minimum atomic E-state index is -0.327. The molecule has 3 heteroatoms. The molecule has 2 aromatic rings. The van der Waals surface area contributed by atoms with Gasteiger partial charge in [0.05, 0.1) is 0 Å². The molecule has 2 aromatic carbocycles. The first kappa shape index (κ1) is 23.4. The number of carbonyl (C=O) groups is 1. The van der Waals surface area contributed by atoms with Crippen molar-refractivity contribution < 1.29 is 14.6 Å². The first-order chi connectivity index (χ1) is 15.8. The number of benzene rings is 2. The van der Waals surface area contributed by atoms with E-state index in [4.69, 9.17) is 4.74 Å². The van der Waals surface area contributed by atoms with Crippen LogP contribution in [0.2, 0.25) is 0 Å². The minimum absolute atomic E-state index is 0.119. The van der Waals surface area contributed by atoms with E-state index in [2.05, 4.69) is 33.8 Å². The fourth-order valence-electron chi connectivity index (χ4n) is 5.45. The lowest BCUT2D eigenvalue weighted by atomic mass is 9.67. The van der Waals surface area contributed by atoms with Gasteiger partial charge < -0.3 is 9.84 Å². The van der Waals surface area contributed by atoms with E-state index in [-0.39, 0.29) is 23.1 Å². The lowest BCUT2D eigenvalue weighted by Crippen LogP contribution is -2.45. The number of carbonyl (C=O) groups excluding carboxylic acids is 1. The molecule has 0 amide bonds. The molecular formula is C30H36O3.